The van der Waals surface area contributed by atoms with E-state index in [0.717, 1.165) is 36.7 Å². The smallest absolute Gasteiger partial charge is 0.393 e. The Labute approximate surface area is 259 Å². The van der Waals surface area contributed by atoms with Crippen LogP contribution in [-0.4, -0.2) is 62.5 Å². The molecule has 2 atom stereocenters. The number of piperazine rings is 1. The van der Waals surface area contributed by atoms with Gasteiger partial charge in [-0.15, -0.1) is 11.8 Å². The van der Waals surface area contributed by atoms with Crippen LogP contribution < -0.4 is 10.6 Å². The number of anilines is 1. The lowest BCUT2D eigenvalue weighted by atomic mass is 9.95. The van der Waals surface area contributed by atoms with Crippen molar-refractivity contribution in [3.63, 3.8) is 0 Å². The van der Waals surface area contributed by atoms with E-state index in [-0.39, 0.29) is 65.3 Å². The average Bonchev–Trinajstić information content (AvgIpc) is 3.77. The maximum Gasteiger partial charge on any atom is 0.417 e. The minimum atomic E-state index is -4.94. The second kappa shape index (κ2) is 12.3. The third kappa shape index (κ3) is 6.18. The fraction of sp³-hybridized carbons (Fsp3) is 0.433. The van der Waals surface area contributed by atoms with E-state index in [1.165, 1.54) is 10.6 Å². The molecule has 2 fully saturated rings. The van der Waals surface area contributed by atoms with Gasteiger partial charge >= 0.3 is 11.9 Å². The first kappa shape index (κ1) is 32.2. The highest BCUT2D eigenvalue weighted by atomic mass is 35.5. The molecule has 3 aliphatic rings. The molecule has 2 unspecified atom stereocenters. The number of hydrogen-bond acceptors (Lipinski definition) is 6. The number of benzene rings is 2. The summed E-state index contributed by atoms with van der Waals surface area (Å²) in [7, 11) is 0. The fourth-order valence-corrected chi connectivity index (χ4v) is 7.06. The summed E-state index contributed by atoms with van der Waals surface area (Å²) in [4.78, 5) is 33.3. The molecule has 1 saturated carbocycles. The van der Waals surface area contributed by atoms with Crippen molar-refractivity contribution in [3.8, 4) is 11.1 Å². The van der Waals surface area contributed by atoms with E-state index < -0.39 is 45.2 Å². The number of aryl methyl sites for hydroxylation is 1. The molecule has 0 radical (unpaired) electrons. The van der Waals surface area contributed by atoms with E-state index in [2.05, 4.69) is 11.6 Å². The van der Waals surface area contributed by atoms with E-state index >= 15 is 4.39 Å². The van der Waals surface area contributed by atoms with Crippen LogP contribution in [0.4, 0.5) is 27.8 Å². The Morgan fingerprint density at radius 3 is 2.34 bits per heavy atom. The third-order valence-electron chi connectivity index (χ3n) is 7.75. The number of aliphatic hydroxyl groups excluding tert-OH is 1. The predicted molar refractivity (Wildman–Crippen MR) is 160 cm³/mol. The van der Waals surface area contributed by atoms with Crippen molar-refractivity contribution in [1.29, 1.82) is 0 Å². The van der Waals surface area contributed by atoms with Crippen LogP contribution >= 0.6 is 23.4 Å². The molecule has 44 heavy (non-hydrogen) atoms. The summed E-state index contributed by atoms with van der Waals surface area (Å²) in [5.74, 6) is -2.18. The number of hydrogen-bond donors (Lipinski definition) is 1. The Balaban J connectivity index is 0.000000888. The number of carbonyl (C=O) groups excluding carboxylic acids is 1. The molecule has 7 nitrogen and oxygen atoms in total. The van der Waals surface area contributed by atoms with E-state index in [1.807, 2.05) is 0 Å². The predicted octanol–water partition coefficient (Wildman–Crippen LogP) is 6.26. The fourth-order valence-electron chi connectivity index (χ4n) is 5.69. The van der Waals surface area contributed by atoms with Crippen LogP contribution in [0.1, 0.15) is 38.7 Å². The van der Waals surface area contributed by atoms with Crippen LogP contribution in [0, 0.1) is 11.6 Å². The van der Waals surface area contributed by atoms with Gasteiger partial charge in [-0.2, -0.15) is 18.2 Å². The number of thioether (sulfide) groups is 1. The zero-order valence-corrected chi connectivity index (χ0v) is 25.5. The number of aliphatic hydroxyl groups is 1. The maximum absolute atomic E-state index is 15.1. The lowest BCUT2D eigenvalue weighted by molar-refractivity contribution is -0.137. The maximum atomic E-state index is 15.1. The molecule has 6 rings (SSSR count). The van der Waals surface area contributed by atoms with Crippen LogP contribution in [0.3, 0.4) is 0 Å². The number of rotatable bonds is 3. The van der Waals surface area contributed by atoms with Gasteiger partial charge in [0.1, 0.15) is 17.5 Å². The first-order valence-electron chi connectivity index (χ1n) is 14.1. The first-order chi connectivity index (χ1) is 20.7. The van der Waals surface area contributed by atoms with Gasteiger partial charge < -0.3 is 14.9 Å². The normalized spacial score (nSPS) is 20.2. The Morgan fingerprint density at radius 1 is 1.14 bits per heavy atom. The molecular weight excluding hydrogens is 627 g/mol. The van der Waals surface area contributed by atoms with Gasteiger partial charge in [0.2, 0.25) is 5.91 Å². The second-order valence-electron chi connectivity index (χ2n) is 11.1. The van der Waals surface area contributed by atoms with Crippen LogP contribution in [-0.2, 0) is 17.5 Å². The molecule has 0 bridgehead atoms. The van der Waals surface area contributed by atoms with E-state index in [0.29, 0.717) is 18.2 Å². The standard InChI is InChI=1S/C27H24ClF5N4O2S.C3H6O/c1-4-21(38)37-13(2)11-35(12-14(37)3)25-16-8-17(27(31,32)33)22(15-9-18(28)20(30)10-19(15)29)24-23(16)36(26(39)34-25)6-5-7-40-24;4-3-1-2-3/h4,8-10,13-14H,1,5-7,11-12H2,2-3H3;3-4H,1-2H2. The minimum absolute atomic E-state index is 0.0474. The molecule has 0 spiro atoms. The number of carbonyl (C=O) groups is 1. The molecule has 1 aliphatic carbocycles. The number of alkyl halides is 3. The molecule has 2 aliphatic heterocycles. The van der Waals surface area contributed by atoms with Gasteiger partial charge in [0.25, 0.3) is 0 Å². The van der Waals surface area contributed by atoms with E-state index in [4.69, 9.17) is 16.7 Å². The molecule has 1 aromatic heterocycles. The molecule has 3 aromatic rings. The molecule has 236 valence electrons. The Morgan fingerprint density at radius 2 is 1.77 bits per heavy atom. The number of amides is 1. The quantitative estimate of drug-likeness (QED) is 0.204. The van der Waals surface area contributed by atoms with Crippen molar-refractivity contribution >= 4 is 46.0 Å². The monoisotopic (exact) mass is 656 g/mol. The highest BCUT2D eigenvalue weighted by Gasteiger charge is 2.40. The molecule has 14 heteroatoms. The Hall–Kier alpha value is -3.16. The van der Waals surface area contributed by atoms with Crippen LogP contribution in [0.25, 0.3) is 22.0 Å². The summed E-state index contributed by atoms with van der Waals surface area (Å²) in [6, 6.07) is 1.47. The lowest BCUT2D eigenvalue weighted by Gasteiger charge is -2.44. The summed E-state index contributed by atoms with van der Waals surface area (Å²) in [5, 5.41) is 7.72. The highest BCUT2D eigenvalue weighted by molar-refractivity contribution is 7.99. The average molecular weight is 657 g/mol. The SMILES string of the molecule is C=CC(=O)N1C(C)CN(c2nc(=O)n3c4c(c(-c5cc(Cl)c(F)cc5F)c(C(F)(F)F)cc24)SCCC3)CC1C.OC1CC1. The number of nitrogens with zero attached hydrogens (tertiary/aromatic N) is 4. The molecule has 3 heterocycles. The summed E-state index contributed by atoms with van der Waals surface area (Å²) in [5.41, 5.74) is -2.62. The molecule has 2 aromatic carbocycles. The second-order valence-corrected chi connectivity index (χ2v) is 12.6. The van der Waals surface area contributed by atoms with Gasteiger partial charge in [0, 0.05) is 59.2 Å². The van der Waals surface area contributed by atoms with Crippen molar-refractivity contribution in [2.45, 2.75) is 68.9 Å². The lowest BCUT2D eigenvalue weighted by Crippen LogP contribution is -2.58. The van der Waals surface area contributed by atoms with Crippen LogP contribution in [0.5, 0.6) is 0 Å². The Kier molecular flexibility index (Phi) is 9.03. The topological polar surface area (TPSA) is 78.7 Å². The van der Waals surface area contributed by atoms with Gasteiger partial charge in [-0.05, 0) is 57.1 Å². The molecule has 1 N–H and O–H groups in total. The zero-order valence-electron chi connectivity index (χ0n) is 23.9. The third-order valence-corrected chi connectivity index (χ3v) is 9.22. The molecular formula is C30H30ClF5N4O3S. The summed E-state index contributed by atoms with van der Waals surface area (Å²) >= 11 is 6.95. The van der Waals surface area contributed by atoms with E-state index in [1.54, 1.807) is 23.6 Å². The largest absolute Gasteiger partial charge is 0.417 e. The van der Waals surface area contributed by atoms with Crippen molar-refractivity contribution in [2.75, 3.05) is 23.7 Å². The highest BCUT2D eigenvalue weighted by Crippen LogP contribution is 2.49. The van der Waals surface area contributed by atoms with Crippen molar-refractivity contribution in [2.24, 2.45) is 0 Å². The molecule has 1 amide bonds. The first-order valence-corrected chi connectivity index (χ1v) is 15.4. The van der Waals surface area contributed by atoms with Crippen molar-refractivity contribution in [3.05, 3.63) is 63.6 Å². The van der Waals surface area contributed by atoms with Crippen molar-refractivity contribution < 1.29 is 31.9 Å². The van der Waals surface area contributed by atoms with E-state index in [9.17, 15) is 27.2 Å². The van der Waals surface area contributed by atoms with Crippen LogP contribution in [0.2, 0.25) is 5.02 Å². The summed E-state index contributed by atoms with van der Waals surface area (Å²) in [6.45, 7) is 7.75. The zero-order chi connectivity index (χ0) is 32.1. The van der Waals surface area contributed by atoms with Gasteiger partial charge in [0.05, 0.1) is 22.2 Å². The van der Waals surface area contributed by atoms with Gasteiger partial charge in [0.15, 0.2) is 0 Å². The Bertz CT molecular complexity index is 1680. The van der Waals surface area contributed by atoms with Gasteiger partial charge in [-0.1, -0.05) is 18.2 Å². The number of aromatic nitrogens is 2. The van der Waals surface area contributed by atoms with Gasteiger partial charge in [-0.3, -0.25) is 9.36 Å². The molecule has 1 saturated heterocycles. The summed E-state index contributed by atoms with van der Waals surface area (Å²) in [6.07, 6.45) is -1.11. The summed E-state index contributed by atoms with van der Waals surface area (Å²) < 4.78 is 74.4. The van der Waals surface area contributed by atoms with Crippen LogP contribution in [0.15, 0.2) is 40.5 Å². The minimum Gasteiger partial charge on any atom is -0.393 e. The van der Waals surface area contributed by atoms with Gasteiger partial charge in [-0.25, -0.2) is 13.6 Å². The number of halogens is 6. The van der Waals surface area contributed by atoms with Crippen molar-refractivity contribution in [1.82, 2.24) is 14.5 Å².